The minimum atomic E-state index is -0.000566. The summed E-state index contributed by atoms with van der Waals surface area (Å²) in [6, 6.07) is 7.90. The highest BCUT2D eigenvalue weighted by Gasteiger charge is 2.24. The Hall–Kier alpha value is -2.60. The lowest BCUT2D eigenvalue weighted by Crippen LogP contribution is -2.47. The second kappa shape index (κ2) is 6.96. The van der Waals surface area contributed by atoms with Crippen molar-refractivity contribution in [1.82, 2.24) is 20.4 Å². The number of nitrogens with zero attached hydrogens (tertiary/aromatic N) is 2. The molecule has 1 aromatic carbocycles. The number of likely N-dealkylation sites (tertiary alicyclic amines) is 1. The van der Waals surface area contributed by atoms with E-state index in [-0.39, 0.29) is 11.9 Å². The Labute approximate surface area is 152 Å². The molecule has 1 atom stereocenters. The Bertz CT molecular complexity index is 907. The number of H-pyrrole nitrogens is 1. The fourth-order valence-corrected chi connectivity index (χ4v) is 3.81. The molecule has 1 aliphatic heterocycles. The predicted octanol–water partition coefficient (Wildman–Crippen LogP) is 3.17. The topological polar surface area (TPSA) is 74.2 Å². The molecule has 1 unspecified atom stereocenters. The number of aryl methyl sites for hydroxylation is 2. The normalized spacial score (nSPS) is 18.3. The number of fused-ring (bicyclic) bond motifs is 1. The summed E-state index contributed by atoms with van der Waals surface area (Å²) in [5, 5.41) is 8.23. The molecular weight excluding hydrogens is 328 g/mol. The number of aromatic nitrogens is 2. The summed E-state index contributed by atoms with van der Waals surface area (Å²) >= 11 is 0. The van der Waals surface area contributed by atoms with Crippen LogP contribution in [0.2, 0.25) is 0 Å². The smallest absolute Gasteiger partial charge is 0.252 e. The number of piperidine rings is 1. The molecule has 1 amide bonds. The zero-order chi connectivity index (χ0) is 18.1. The van der Waals surface area contributed by atoms with Crippen molar-refractivity contribution in [3.63, 3.8) is 0 Å². The van der Waals surface area contributed by atoms with Gasteiger partial charge in [-0.3, -0.25) is 9.69 Å². The first-order chi connectivity index (χ1) is 12.6. The zero-order valence-electron chi connectivity index (χ0n) is 15.2. The van der Waals surface area contributed by atoms with Crippen molar-refractivity contribution >= 4 is 16.8 Å². The van der Waals surface area contributed by atoms with Crippen LogP contribution in [0, 0.1) is 13.8 Å². The quantitative estimate of drug-likeness (QED) is 0.756. The summed E-state index contributed by atoms with van der Waals surface area (Å²) in [6.45, 7) is 6.63. The van der Waals surface area contributed by atoms with Crippen LogP contribution in [0.4, 0.5) is 0 Å². The van der Waals surface area contributed by atoms with Crippen LogP contribution in [0.15, 0.2) is 35.0 Å². The molecule has 2 aromatic heterocycles. The third-order valence-electron chi connectivity index (χ3n) is 5.24. The average Bonchev–Trinajstić information content (AvgIpc) is 3.23. The molecule has 6 nitrogen and oxygen atoms in total. The summed E-state index contributed by atoms with van der Waals surface area (Å²) in [6.07, 6.45) is 3.95. The van der Waals surface area contributed by atoms with Crippen LogP contribution in [0.1, 0.15) is 40.2 Å². The fraction of sp³-hybridized carbons (Fsp3) is 0.400. The maximum atomic E-state index is 12.8. The highest BCUT2D eigenvalue weighted by atomic mass is 16.5. The summed E-state index contributed by atoms with van der Waals surface area (Å²) in [5.74, 6) is 0.882. The van der Waals surface area contributed by atoms with Crippen LogP contribution >= 0.6 is 0 Å². The van der Waals surface area contributed by atoms with E-state index in [1.807, 2.05) is 44.3 Å². The number of hydrogen-bond donors (Lipinski definition) is 2. The molecule has 0 spiro atoms. The molecule has 2 N–H and O–H groups in total. The second-order valence-corrected chi connectivity index (χ2v) is 7.09. The van der Waals surface area contributed by atoms with Crippen molar-refractivity contribution in [2.45, 2.75) is 39.3 Å². The SMILES string of the molecule is Cc1noc(C)c1CN1CCCC(NC(=O)c2cccc3[nH]ccc23)C1. The standard InChI is InChI=1S/C20H24N4O2/c1-13-18(14(2)26-23-13)12-24-10-4-5-15(11-24)22-20(25)17-6-3-7-19-16(17)8-9-21-19/h3,6-9,15,21H,4-5,10-12H2,1-2H3,(H,22,25). The van der Waals surface area contributed by atoms with E-state index < -0.39 is 0 Å². The van der Waals surface area contributed by atoms with Gasteiger partial charge in [-0.15, -0.1) is 0 Å². The predicted molar refractivity (Wildman–Crippen MR) is 100 cm³/mol. The third-order valence-corrected chi connectivity index (χ3v) is 5.24. The van der Waals surface area contributed by atoms with Crippen molar-refractivity contribution < 1.29 is 9.32 Å². The average molecular weight is 352 g/mol. The minimum Gasteiger partial charge on any atom is -0.361 e. The van der Waals surface area contributed by atoms with E-state index in [1.54, 1.807) is 0 Å². The third kappa shape index (κ3) is 3.24. The highest BCUT2D eigenvalue weighted by Crippen LogP contribution is 2.20. The van der Waals surface area contributed by atoms with Gasteiger partial charge in [0.15, 0.2) is 0 Å². The van der Waals surface area contributed by atoms with Crippen molar-refractivity contribution in [3.8, 4) is 0 Å². The Kier molecular flexibility index (Phi) is 4.51. The molecule has 6 heteroatoms. The molecule has 4 rings (SSSR count). The maximum absolute atomic E-state index is 12.8. The summed E-state index contributed by atoms with van der Waals surface area (Å²) < 4.78 is 5.27. The van der Waals surface area contributed by atoms with Gasteiger partial charge in [-0.05, 0) is 51.4 Å². The van der Waals surface area contributed by atoms with Crippen molar-refractivity contribution in [3.05, 3.63) is 53.0 Å². The first kappa shape index (κ1) is 16.8. The molecule has 1 fully saturated rings. The molecule has 3 heterocycles. The number of carbonyl (C=O) groups excluding carboxylic acids is 1. The Morgan fingerprint density at radius 1 is 1.38 bits per heavy atom. The van der Waals surface area contributed by atoms with Crippen molar-refractivity contribution in [2.75, 3.05) is 13.1 Å². The lowest BCUT2D eigenvalue weighted by Gasteiger charge is -2.33. The van der Waals surface area contributed by atoms with Gasteiger partial charge in [0.1, 0.15) is 5.76 Å². The van der Waals surface area contributed by atoms with Crippen LogP contribution in [-0.4, -0.2) is 40.1 Å². The number of hydrogen-bond acceptors (Lipinski definition) is 4. The summed E-state index contributed by atoms with van der Waals surface area (Å²) in [7, 11) is 0. The number of nitrogens with one attached hydrogen (secondary N) is 2. The van der Waals surface area contributed by atoms with Gasteiger partial charge in [0, 0.05) is 47.4 Å². The largest absolute Gasteiger partial charge is 0.361 e. The van der Waals surface area contributed by atoms with E-state index in [1.165, 1.54) is 0 Å². The van der Waals surface area contributed by atoms with E-state index in [2.05, 4.69) is 20.4 Å². The summed E-state index contributed by atoms with van der Waals surface area (Å²) in [5.41, 5.74) is 3.83. The van der Waals surface area contributed by atoms with Crippen LogP contribution in [0.5, 0.6) is 0 Å². The van der Waals surface area contributed by atoms with Crippen LogP contribution in [-0.2, 0) is 6.54 Å². The number of benzene rings is 1. The number of amides is 1. The highest BCUT2D eigenvalue weighted by molar-refractivity contribution is 6.06. The van der Waals surface area contributed by atoms with Gasteiger partial charge in [-0.1, -0.05) is 11.2 Å². The van der Waals surface area contributed by atoms with Crippen LogP contribution < -0.4 is 5.32 Å². The molecule has 136 valence electrons. The van der Waals surface area contributed by atoms with Gasteiger partial charge in [0.05, 0.1) is 5.69 Å². The minimum absolute atomic E-state index is 0.000566. The molecule has 0 saturated carbocycles. The zero-order valence-corrected chi connectivity index (χ0v) is 15.2. The Morgan fingerprint density at radius 2 is 2.27 bits per heavy atom. The number of rotatable bonds is 4. The van der Waals surface area contributed by atoms with Gasteiger partial charge in [-0.2, -0.15) is 0 Å². The van der Waals surface area contributed by atoms with Gasteiger partial charge < -0.3 is 14.8 Å². The van der Waals surface area contributed by atoms with Crippen molar-refractivity contribution in [1.29, 1.82) is 0 Å². The van der Waals surface area contributed by atoms with E-state index >= 15 is 0 Å². The van der Waals surface area contributed by atoms with E-state index in [0.717, 1.165) is 66.0 Å². The molecule has 26 heavy (non-hydrogen) atoms. The molecule has 1 aliphatic rings. The lowest BCUT2D eigenvalue weighted by molar-refractivity contribution is 0.0902. The van der Waals surface area contributed by atoms with E-state index in [9.17, 15) is 4.79 Å². The molecule has 0 radical (unpaired) electrons. The monoisotopic (exact) mass is 352 g/mol. The number of aromatic amines is 1. The Morgan fingerprint density at radius 3 is 3.08 bits per heavy atom. The maximum Gasteiger partial charge on any atom is 0.252 e. The molecular formula is C20H24N4O2. The first-order valence-electron chi connectivity index (χ1n) is 9.13. The molecule has 1 saturated heterocycles. The second-order valence-electron chi connectivity index (χ2n) is 7.09. The molecule has 0 aliphatic carbocycles. The van der Waals surface area contributed by atoms with E-state index in [4.69, 9.17) is 4.52 Å². The van der Waals surface area contributed by atoms with Crippen LogP contribution in [0.3, 0.4) is 0 Å². The lowest BCUT2D eigenvalue weighted by atomic mass is 10.0. The van der Waals surface area contributed by atoms with Gasteiger partial charge >= 0.3 is 0 Å². The first-order valence-corrected chi connectivity index (χ1v) is 9.13. The van der Waals surface area contributed by atoms with Gasteiger partial charge in [0.2, 0.25) is 0 Å². The fourth-order valence-electron chi connectivity index (χ4n) is 3.81. The molecule has 0 bridgehead atoms. The van der Waals surface area contributed by atoms with E-state index in [0.29, 0.717) is 0 Å². The van der Waals surface area contributed by atoms with Crippen LogP contribution in [0.25, 0.3) is 10.9 Å². The number of carbonyl (C=O) groups is 1. The Balaban J connectivity index is 1.43. The summed E-state index contributed by atoms with van der Waals surface area (Å²) in [4.78, 5) is 18.3. The van der Waals surface area contributed by atoms with Gasteiger partial charge in [-0.25, -0.2) is 0 Å². The molecule has 3 aromatic rings. The van der Waals surface area contributed by atoms with Gasteiger partial charge in [0.25, 0.3) is 5.91 Å². The van der Waals surface area contributed by atoms with Crippen molar-refractivity contribution in [2.24, 2.45) is 0 Å².